The summed E-state index contributed by atoms with van der Waals surface area (Å²) in [4.78, 5) is 23.1. The van der Waals surface area contributed by atoms with Crippen molar-refractivity contribution < 1.29 is 14.7 Å². The molecule has 1 amide bonds. The maximum atomic E-state index is 11.9. The van der Waals surface area contributed by atoms with Crippen molar-refractivity contribution in [2.75, 3.05) is 6.54 Å². The van der Waals surface area contributed by atoms with Gasteiger partial charge in [0.1, 0.15) is 6.04 Å². The number of carbonyl (C=O) groups is 2. The molecule has 0 aliphatic heterocycles. The summed E-state index contributed by atoms with van der Waals surface area (Å²) < 4.78 is 0. The Balaban J connectivity index is 4.53. The number of carboxylic acids is 1. The third-order valence-corrected chi connectivity index (χ3v) is 3.03. The molecule has 4 N–H and O–H groups in total. The number of nitrogens with two attached hydrogens (primary N) is 1. The molecule has 0 aliphatic rings. The van der Waals surface area contributed by atoms with Gasteiger partial charge in [-0.3, -0.25) is 4.79 Å². The van der Waals surface area contributed by atoms with E-state index in [1.54, 1.807) is 20.8 Å². The average molecular weight is 272 g/mol. The van der Waals surface area contributed by atoms with Crippen molar-refractivity contribution >= 4 is 11.9 Å². The number of hydrogen-bond acceptors (Lipinski definition) is 3. The number of nitrogens with one attached hydrogen (secondary N) is 1. The van der Waals surface area contributed by atoms with Crippen molar-refractivity contribution in [2.24, 2.45) is 23.0 Å². The van der Waals surface area contributed by atoms with Crippen LogP contribution in [0.25, 0.3) is 0 Å². The zero-order valence-corrected chi connectivity index (χ0v) is 12.7. The lowest BCUT2D eigenvalue weighted by atomic mass is 9.86. The molecule has 0 fully saturated rings. The Morgan fingerprint density at radius 2 is 1.79 bits per heavy atom. The molecule has 0 aliphatic carbocycles. The fourth-order valence-corrected chi connectivity index (χ4v) is 2.06. The molecule has 2 unspecified atom stereocenters. The highest BCUT2D eigenvalue weighted by Crippen LogP contribution is 2.20. The Bertz CT molecular complexity index is 308. The van der Waals surface area contributed by atoms with Gasteiger partial charge in [-0.15, -0.1) is 0 Å². The normalized spacial score (nSPS) is 15.1. The highest BCUT2D eigenvalue weighted by molar-refractivity contribution is 5.84. The Morgan fingerprint density at radius 3 is 2.11 bits per heavy atom. The molecule has 0 bridgehead atoms. The van der Waals surface area contributed by atoms with E-state index >= 15 is 0 Å². The standard InChI is InChI=1S/C14H28N2O3/c1-9(2)6-10(8-15)7-11(17)16-12(13(18)19)14(3,4)5/h9-10,12H,6-8,15H2,1-5H3,(H,16,17)(H,18,19). The van der Waals surface area contributed by atoms with E-state index in [4.69, 9.17) is 10.8 Å². The third-order valence-electron chi connectivity index (χ3n) is 3.03. The maximum absolute atomic E-state index is 11.9. The highest BCUT2D eigenvalue weighted by atomic mass is 16.4. The van der Waals surface area contributed by atoms with Gasteiger partial charge in [-0.1, -0.05) is 34.6 Å². The van der Waals surface area contributed by atoms with Gasteiger partial charge in [0.05, 0.1) is 0 Å². The zero-order valence-electron chi connectivity index (χ0n) is 12.7. The minimum absolute atomic E-state index is 0.106. The van der Waals surface area contributed by atoms with Gasteiger partial charge in [-0.2, -0.15) is 0 Å². The molecule has 0 spiro atoms. The summed E-state index contributed by atoms with van der Waals surface area (Å²) in [5.41, 5.74) is 5.13. The second-order valence-corrected chi connectivity index (χ2v) is 6.64. The van der Waals surface area contributed by atoms with Crippen LogP contribution in [0.1, 0.15) is 47.5 Å². The molecule has 2 atom stereocenters. The first-order valence-electron chi connectivity index (χ1n) is 6.80. The number of carboxylic acid groups (broad SMARTS) is 1. The van der Waals surface area contributed by atoms with E-state index in [9.17, 15) is 9.59 Å². The molecule has 0 aromatic rings. The molecule has 5 nitrogen and oxygen atoms in total. The Hall–Kier alpha value is -1.10. The molecule has 5 heteroatoms. The first kappa shape index (κ1) is 17.9. The summed E-state index contributed by atoms with van der Waals surface area (Å²) in [6, 6.07) is -0.877. The second kappa shape index (κ2) is 7.48. The molecular weight excluding hydrogens is 244 g/mol. The molecule has 0 saturated heterocycles. The highest BCUT2D eigenvalue weighted by Gasteiger charge is 2.32. The average Bonchev–Trinajstić information content (AvgIpc) is 2.22. The molecule has 0 aromatic carbocycles. The van der Waals surface area contributed by atoms with Crippen LogP contribution in [-0.2, 0) is 9.59 Å². The van der Waals surface area contributed by atoms with Gasteiger partial charge >= 0.3 is 5.97 Å². The lowest BCUT2D eigenvalue weighted by molar-refractivity contribution is -0.145. The van der Waals surface area contributed by atoms with Crippen LogP contribution in [0.2, 0.25) is 0 Å². The third kappa shape index (κ3) is 7.15. The van der Waals surface area contributed by atoms with Crippen molar-refractivity contribution in [2.45, 2.75) is 53.5 Å². The quantitative estimate of drug-likeness (QED) is 0.656. The molecule has 0 saturated carbocycles. The van der Waals surface area contributed by atoms with Crippen LogP contribution in [0.4, 0.5) is 0 Å². The lowest BCUT2D eigenvalue weighted by Gasteiger charge is -2.28. The second-order valence-electron chi connectivity index (χ2n) is 6.64. The van der Waals surface area contributed by atoms with Crippen LogP contribution in [-0.4, -0.2) is 29.6 Å². The van der Waals surface area contributed by atoms with Gasteiger partial charge in [0.15, 0.2) is 0 Å². The van der Waals surface area contributed by atoms with Crippen LogP contribution in [0, 0.1) is 17.3 Å². The topological polar surface area (TPSA) is 92.4 Å². The van der Waals surface area contributed by atoms with E-state index in [1.807, 2.05) is 0 Å². The summed E-state index contributed by atoms with van der Waals surface area (Å²) in [7, 11) is 0. The lowest BCUT2D eigenvalue weighted by Crippen LogP contribution is -2.49. The minimum Gasteiger partial charge on any atom is -0.480 e. The van der Waals surface area contributed by atoms with E-state index < -0.39 is 17.4 Å². The molecule has 0 heterocycles. The molecular formula is C14H28N2O3. The summed E-state index contributed by atoms with van der Waals surface area (Å²) in [5.74, 6) is -0.666. The smallest absolute Gasteiger partial charge is 0.326 e. The van der Waals surface area contributed by atoms with Gasteiger partial charge < -0.3 is 16.2 Å². The van der Waals surface area contributed by atoms with Gasteiger partial charge in [0.25, 0.3) is 0 Å². The predicted molar refractivity (Wildman–Crippen MR) is 75.6 cm³/mol. The van der Waals surface area contributed by atoms with Crippen molar-refractivity contribution in [1.82, 2.24) is 5.32 Å². The Labute approximate surface area is 115 Å². The molecule has 19 heavy (non-hydrogen) atoms. The van der Waals surface area contributed by atoms with Gasteiger partial charge in [0.2, 0.25) is 5.91 Å². The van der Waals surface area contributed by atoms with E-state index in [2.05, 4.69) is 19.2 Å². The number of amides is 1. The largest absolute Gasteiger partial charge is 0.480 e. The van der Waals surface area contributed by atoms with Crippen LogP contribution >= 0.6 is 0 Å². The molecule has 0 aromatic heterocycles. The number of hydrogen-bond donors (Lipinski definition) is 3. The van der Waals surface area contributed by atoms with Crippen molar-refractivity contribution in [3.05, 3.63) is 0 Å². The summed E-state index contributed by atoms with van der Waals surface area (Å²) >= 11 is 0. The number of aliphatic carboxylic acids is 1. The predicted octanol–water partition coefficient (Wildman–Crippen LogP) is 1.61. The summed E-state index contributed by atoms with van der Waals surface area (Å²) in [5, 5.41) is 11.8. The monoisotopic (exact) mass is 272 g/mol. The zero-order chi connectivity index (χ0) is 15.2. The van der Waals surface area contributed by atoms with Crippen LogP contribution < -0.4 is 11.1 Å². The summed E-state index contributed by atoms with van der Waals surface area (Å²) in [6.07, 6.45) is 1.16. The van der Waals surface area contributed by atoms with Gasteiger partial charge in [-0.25, -0.2) is 4.79 Å². The first-order valence-corrected chi connectivity index (χ1v) is 6.80. The maximum Gasteiger partial charge on any atom is 0.326 e. The number of carbonyl (C=O) groups excluding carboxylic acids is 1. The first-order chi connectivity index (χ1) is 8.57. The van der Waals surface area contributed by atoms with Crippen molar-refractivity contribution in [3.8, 4) is 0 Å². The minimum atomic E-state index is -1.01. The molecule has 0 radical (unpaired) electrons. The molecule has 0 rings (SSSR count). The Morgan fingerprint density at radius 1 is 1.26 bits per heavy atom. The Kier molecular flexibility index (Phi) is 7.05. The SMILES string of the molecule is CC(C)CC(CN)CC(=O)NC(C(=O)O)C(C)(C)C. The van der Waals surface area contributed by atoms with E-state index in [1.165, 1.54) is 0 Å². The molecule has 112 valence electrons. The van der Waals surface area contributed by atoms with E-state index in [0.29, 0.717) is 12.5 Å². The van der Waals surface area contributed by atoms with Crippen LogP contribution in [0.3, 0.4) is 0 Å². The van der Waals surface area contributed by atoms with Gasteiger partial charge in [-0.05, 0) is 30.2 Å². The van der Waals surface area contributed by atoms with Crippen LogP contribution in [0.5, 0.6) is 0 Å². The fourth-order valence-electron chi connectivity index (χ4n) is 2.06. The fraction of sp³-hybridized carbons (Fsp3) is 0.857. The summed E-state index contributed by atoms with van der Waals surface area (Å²) in [6.45, 7) is 9.98. The van der Waals surface area contributed by atoms with Crippen molar-refractivity contribution in [3.63, 3.8) is 0 Å². The van der Waals surface area contributed by atoms with Crippen LogP contribution in [0.15, 0.2) is 0 Å². The van der Waals surface area contributed by atoms with Gasteiger partial charge in [0, 0.05) is 6.42 Å². The van der Waals surface area contributed by atoms with E-state index in [-0.39, 0.29) is 18.2 Å². The van der Waals surface area contributed by atoms with Crippen molar-refractivity contribution in [1.29, 1.82) is 0 Å². The number of rotatable bonds is 7. The van der Waals surface area contributed by atoms with E-state index in [0.717, 1.165) is 6.42 Å².